The Labute approximate surface area is 223 Å². The van der Waals surface area contributed by atoms with Crippen LogP contribution in [0.15, 0.2) is 46.2 Å². The molecule has 4 rings (SSSR count). The van der Waals surface area contributed by atoms with Gasteiger partial charge in [-0.3, -0.25) is 0 Å². The van der Waals surface area contributed by atoms with E-state index < -0.39 is 19.7 Å². The average Bonchev–Trinajstić information content (AvgIpc) is 3.34. The van der Waals surface area contributed by atoms with E-state index in [4.69, 9.17) is 0 Å². The minimum absolute atomic E-state index is 0.183. The van der Waals surface area contributed by atoms with Crippen molar-refractivity contribution >= 4 is 71.9 Å². The number of rotatable bonds is 12. The van der Waals surface area contributed by atoms with Gasteiger partial charge in [-0.2, -0.15) is 0 Å². The van der Waals surface area contributed by atoms with Crippen LogP contribution >= 0.6 is 22.7 Å². The number of hydrogen-bond donors (Lipinski definition) is 0. The molecule has 4 nitrogen and oxygen atoms in total. The number of benzene rings is 2. The van der Waals surface area contributed by atoms with Gasteiger partial charge in [0.1, 0.15) is 0 Å². The summed E-state index contributed by atoms with van der Waals surface area (Å²) in [6, 6.07) is 10.9. The van der Waals surface area contributed by atoms with Crippen molar-refractivity contribution in [2.75, 3.05) is 11.5 Å². The first-order valence-electron chi connectivity index (χ1n) is 12.8. The molecule has 0 spiro atoms. The molecule has 8 heteroatoms. The minimum Gasteiger partial charge on any atom is -0.224 e. The molecule has 4 aromatic rings. The van der Waals surface area contributed by atoms with E-state index in [1.54, 1.807) is 34.8 Å². The lowest BCUT2D eigenvalue weighted by Crippen LogP contribution is -2.07. The molecule has 0 aliphatic carbocycles. The fraction of sp³-hybridized carbons (Fsp3) is 0.500. The summed E-state index contributed by atoms with van der Waals surface area (Å²) in [5.41, 5.74) is 0. The first-order valence-corrected chi connectivity index (χ1v) is 17.8. The standard InChI is InChI=1S/C28H36O4S4/c1-19(2)9-5-7-15-35(29,30)21-11-13-23-25(17-21)33-28-24-14-12-22(18-26(24)34-27(23)28)36(31,32)16-8-6-10-20(3)4/h11-14,17-20H,5-10,15-16H2,1-4H3. The zero-order chi connectivity index (χ0) is 26.1. The molecular formula is C28H36O4S4. The third-order valence-electron chi connectivity index (χ3n) is 6.63. The lowest BCUT2D eigenvalue weighted by atomic mass is 10.1. The molecule has 0 N–H and O–H groups in total. The van der Waals surface area contributed by atoms with Gasteiger partial charge in [-0.1, -0.05) is 65.5 Å². The highest BCUT2D eigenvalue weighted by molar-refractivity contribution is 7.91. The quantitative estimate of drug-likeness (QED) is 0.162. The zero-order valence-electron chi connectivity index (χ0n) is 21.5. The highest BCUT2D eigenvalue weighted by atomic mass is 32.2. The number of hydrogen-bond acceptors (Lipinski definition) is 6. The first kappa shape index (κ1) is 27.6. The van der Waals surface area contributed by atoms with E-state index in [9.17, 15) is 16.8 Å². The van der Waals surface area contributed by atoms with Crippen LogP contribution in [0.3, 0.4) is 0 Å². The third kappa shape index (κ3) is 6.14. The Balaban J connectivity index is 1.58. The van der Waals surface area contributed by atoms with Crippen LogP contribution in [0.4, 0.5) is 0 Å². The van der Waals surface area contributed by atoms with E-state index >= 15 is 0 Å². The molecule has 0 saturated heterocycles. The van der Waals surface area contributed by atoms with Gasteiger partial charge < -0.3 is 0 Å². The van der Waals surface area contributed by atoms with Crippen molar-refractivity contribution in [3.05, 3.63) is 36.4 Å². The molecule has 0 radical (unpaired) electrons. The van der Waals surface area contributed by atoms with E-state index in [2.05, 4.69) is 27.7 Å². The van der Waals surface area contributed by atoms with Gasteiger partial charge in [0.25, 0.3) is 0 Å². The lowest BCUT2D eigenvalue weighted by Gasteiger charge is -2.07. The lowest BCUT2D eigenvalue weighted by molar-refractivity contribution is 0.543. The fourth-order valence-electron chi connectivity index (χ4n) is 4.53. The minimum atomic E-state index is -3.31. The molecule has 0 aliphatic heterocycles. The van der Waals surface area contributed by atoms with Crippen LogP contribution in [0, 0.1) is 11.8 Å². The van der Waals surface area contributed by atoms with Crippen LogP contribution in [-0.4, -0.2) is 28.3 Å². The van der Waals surface area contributed by atoms with Gasteiger partial charge in [-0.25, -0.2) is 16.8 Å². The Morgan fingerprint density at radius 1 is 0.611 bits per heavy atom. The molecule has 0 saturated carbocycles. The van der Waals surface area contributed by atoms with Crippen LogP contribution in [-0.2, 0) is 19.7 Å². The molecule has 36 heavy (non-hydrogen) atoms. The molecule has 196 valence electrons. The van der Waals surface area contributed by atoms with Crippen molar-refractivity contribution < 1.29 is 16.8 Å². The number of thiophene rings is 2. The largest absolute Gasteiger partial charge is 0.224 e. The Morgan fingerprint density at radius 3 is 1.36 bits per heavy atom. The van der Waals surface area contributed by atoms with Crippen molar-refractivity contribution in [3.63, 3.8) is 0 Å². The second kappa shape index (κ2) is 11.1. The van der Waals surface area contributed by atoms with Crippen molar-refractivity contribution in [1.29, 1.82) is 0 Å². The summed E-state index contributed by atoms with van der Waals surface area (Å²) in [6.45, 7) is 8.62. The Hall–Kier alpha value is -1.48. The smallest absolute Gasteiger partial charge is 0.178 e. The molecule has 0 unspecified atom stereocenters. The second-order valence-corrected chi connectivity index (χ2v) is 16.9. The van der Waals surface area contributed by atoms with Crippen LogP contribution < -0.4 is 0 Å². The van der Waals surface area contributed by atoms with Crippen molar-refractivity contribution in [2.24, 2.45) is 11.8 Å². The molecule has 0 atom stereocenters. The van der Waals surface area contributed by atoms with Gasteiger partial charge in [0, 0.05) is 20.2 Å². The monoisotopic (exact) mass is 564 g/mol. The molecular weight excluding hydrogens is 529 g/mol. The molecule has 0 bridgehead atoms. The van der Waals surface area contributed by atoms with Crippen LogP contribution in [0.25, 0.3) is 29.6 Å². The van der Waals surface area contributed by atoms with E-state index in [0.29, 0.717) is 34.5 Å². The topological polar surface area (TPSA) is 68.3 Å². The summed E-state index contributed by atoms with van der Waals surface area (Å²) < 4.78 is 55.7. The maximum Gasteiger partial charge on any atom is 0.178 e. The maximum atomic E-state index is 12.9. The van der Waals surface area contributed by atoms with Gasteiger partial charge >= 0.3 is 0 Å². The molecule has 2 aromatic heterocycles. The summed E-state index contributed by atoms with van der Waals surface area (Å²) in [5, 5.41) is 2.07. The number of fused-ring (bicyclic) bond motifs is 5. The van der Waals surface area contributed by atoms with Crippen LogP contribution in [0.1, 0.15) is 66.2 Å². The molecule has 0 aliphatic rings. The summed E-state index contributed by atoms with van der Waals surface area (Å²) in [5.74, 6) is 1.54. The van der Waals surface area contributed by atoms with Gasteiger partial charge in [0.2, 0.25) is 0 Å². The summed E-state index contributed by atoms with van der Waals surface area (Å²) in [4.78, 5) is 0.784. The molecule has 2 aromatic carbocycles. The normalized spacial score (nSPS) is 13.2. The SMILES string of the molecule is CC(C)CCCCS(=O)(=O)c1ccc2c(c1)sc1c3ccc(S(=O)(=O)CCCCC(C)C)cc3sc21. The molecule has 0 amide bonds. The predicted molar refractivity (Wildman–Crippen MR) is 156 cm³/mol. The Kier molecular flexibility index (Phi) is 8.49. The summed E-state index contributed by atoms with van der Waals surface area (Å²) in [6.07, 6.45) is 5.32. The van der Waals surface area contributed by atoms with Gasteiger partial charge in [0.05, 0.1) is 30.7 Å². The van der Waals surface area contributed by atoms with Crippen LogP contribution in [0.2, 0.25) is 0 Å². The zero-order valence-corrected chi connectivity index (χ0v) is 24.8. The van der Waals surface area contributed by atoms with Gasteiger partial charge in [-0.15, -0.1) is 22.7 Å². The first-order chi connectivity index (χ1) is 17.0. The van der Waals surface area contributed by atoms with E-state index in [-0.39, 0.29) is 11.5 Å². The maximum absolute atomic E-state index is 12.9. The highest BCUT2D eigenvalue weighted by Crippen LogP contribution is 2.45. The van der Waals surface area contributed by atoms with Gasteiger partial charge in [0.15, 0.2) is 19.7 Å². The molecule has 0 fully saturated rings. The highest BCUT2D eigenvalue weighted by Gasteiger charge is 2.20. The summed E-state index contributed by atoms with van der Waals surface area (Å²) >= 11 is 3.18. The van der Waals surface area contributed by atoms with Crippen molar-refractivity contribution in [3.8, 4) is 0 Å². The van der Waals surface area contributed by atoms with E-state index in [1.165, 1.54) is 0 Å². The Morgan fingerprint density at radius 2 is 1.00 bits per heavy atom. The summed E-state index contributed by atoms with van der Waals surface area (Å²) in [7, 11) is -6.61. The average molecular weight is 565 g/mol. The van der Waals surface area contributed by atoms with Crippen molar-refractivity contribution in [2.45, 2.75) is 76.0 Å². The number of unbranched alkanes of at least 4 members (excludes halogenated alkanes) is 2. The van der Waals surface area contributed by atoms with Crippen LogP contribution in [0.5, 0.6) is 0 Å². The Bertz CT molecular complexity index is 1450. The predicted octanol–water partition coefficient (Wildman–Crippen LogP) is 8.47. The fourth-order valence-corrected chi connectivity index (χ4v) is 10.2. The van der Waals surface area contributed by atoms with E-state index in [0.717, 1.165) is 55.3 Å². The second-order valence-electron chi connectivity index (χ2n) is 10.6. The van der Waals surface area contributed by atoms with Crippen molar-refractivity contribution in [1.82, 2.24) is 0 Å². The van der Waals surface area contributed by atoms with E-state index in [1.807, 2.05) is 24.3 Å². The van der Waals surface area contributed by atoms with Gasteiger partial charge in [-0.05, 0) is 48.9 Å². The number of sulfone groups is 2. The third-order valence-corrected chi connectivity index (χ3v) is 12.7. The molecule has 2 heterocycles.